The molecular formula is C8H12BrNO6. The molecule has 2 aliphatic rings. The van der Waals surface area contributed by atoms with E-state index in [-0.39, 0.29) is 0 Å². The second-order valence-electron chi connectivity index (χ2n) is 4.05. The molecule has 6 atom stereocenters. The third-order valence-corrected chi connectivity index (χ3v) is 4.33. The lowest BCUT2D eigenvalue weighted by molar-refractivity contribution is -0.303. The van der Waals surface area contributed by atoms with Gasteiger partial charge in [-0.05, 0) is 0 Å². The highest BCUT2D eigenvalue weighted by atomic mass is 79.9. The highest BCUT2D eigenvalue weighted by Gasteiger charge is 2.65. The first-order chi connectivity index (χ1) is 7.30. The fourth-order valence-corrected chi connectivity index (χ4v) is 3.12. The average Bonchev–Trinajstić information content (AvgIpc) is 2.23. The van der Waals surface area contributed by atoms with Gasteiger partial charge in [0.25, 0.3) is 5.79 Å². The van der Waals surface area contributed by atoms with Crippen molar-refractivity contribution in [1.82, 2.24) is 4.90 Å². The predicted molar refractivity (Wildman–Crippen MR) is 53.7 cm³/mol. The normalized spacial score (nSPS) is 52.5. The molecule has 0 radical (unpaired) electrons. The van der Waals surface area contributed by atoms with Gasteiger partial charge in [-0.2, -0.15) is 0 Å². The molecule has 2 rings (SSSR count). The van der Waals surface area contributed by atoms with Gasteiger partial charge in [0.1, 0.15) is 23.1 Å². The van der Waals surface area contributed by atoms with Crippen LogP contribution >= 0.6 is 15.9 Å². The van der Waals surface area contributed by atoms with E-state index in [9.17, 15) is 25.2 Å². The number of hydrogen-bond acceptors (Lipinski definition) is 6. The van der Waals surface area contributed by atoms with Gasteiger partial charge in [-0.25, -0.2) is 4.79 Å². The third-order valence-electron chi connectivity index (χ3n) is 3.13. The van der Waals surface area contributed by atoms with Crippen molar-refractivity contribution in [2.24, 2.45) is 0 Å². The first kappa shape index (κ1) is 12.1. The van der Waals surface area contributed by atoms with Crippen LogP contribution in [0.3, 0.4) is 0 Å². The first-order valence-corrected chi connectivity index (χ1v) is 5.58. The lowest BCUT2D eigenvalue weighted by Gasteiger charge is -2.54. The standard InChI is InChI=1S/C8H12BrNO6/c1-10-2-3(11)4(12)6(13)8(15,5(2)9)16-7(10)14/h2-6,11-13,15H,1H3. The van der Waals surface area contributed by atoms with Gasteiger partial charge in [0, 0.05) is 7.05 Å². The molecule has 92 valence electrons. The SMILES string of the molecule is CN1C(=O)OC2(O)C(O)C(O)C(O)C1C2Br. The molecule has 1 amide bonds. The van der Waals surface area contributed by atoms with Gasteiger partial charge < -0.3 is 30.1 Å². The maximum Gasteiger partial charge on any atom is 0.412 e. The molecule has 2 bridgehead atoms. The van der Waals surface area contributed by atoms with E-state index in [2.05, 4.69) is 20.7 Å². The number of ether oxygens (including phenoxy) is 1. The van der Waals surface area contributed by atoms with Gasteiger partial charge in [-0.15, -0.1) is 0 Å². The Morgan fingerprint density at radius 3 is 2.50 bits per heavy atom. The molecule has 8 heteroatoms. The molecule has 7 nitrogen and oxygen atoms in total. The van der Waals surface area contributed by atoms with E-state index in [1.54, 1.807) is 0 Å². The highest BCUT2D eigenvalue weighted by Crippen LogP contribution is 2.41. The summed E-state index contributed by atoms with van der Waals surface area (Å²) in [6, 6.07) is -0.871. The van der Waals surface area contributed by atoms with Crippen LogP contribution in [0.2, 0.25) is 0 Å². The Hall–Kier alpha value is -0.410. The second-order valence-corrected chi connectivity index (χ2v) is 5.04. The lowest BCUT2D eigenvalue weighted by atomic mass is 9.81. The van der Waals surface area contributed by atoms with Crippen molar-refractivity contribution in [1.29, 1.82) is 0 Å². The second kappa shape index (κ2) is 3.54. The zero-order chi connectivity index (χ0) is 12.2. The number of hydrogen-bond donors (Lipinski definition) is 4. The van der Waals surface area contributed by atoms with Crippen molar-refractivity contribution in [3.8, 4) is 0 Å². The summed E-state index contributed by atoms with van der Waals surface area (Å²) in [5.41, 5.74) is 0. The number of likely N-dealkylation sites (N-methyl/N-ethyl adjacent to an activating group) is 1. The summed E-state index contributed by atoms with van der Waals surface area (Å²) in [5.74, 6) is -2.23. The van der Waals surface area contributed by atoms with Crippen LogP contribution < -0.4 is 0 Å². The van der Waals surface area contributed by atoms with E-state index in [1.165, 1.54) is 7.05 Å². The zero-order valence-corrected chi connectivity index (χ0v) is 9.90. The van der Waals surface area contributed by atoms with E-state index in [1.807, 2.05) is 0 Å². The Morgan fingerprint density at radius 1 is 1.38 bits per heavy atom. The molecule has 1 aliphatic carbocycles. The number of carbonyl (C=O) groups excluding carboxylic acids is 1. The van der Waals surface area contributed by atoms with Crippen LogP contribution in [-0.4, -0.2) is 73.4 Å². The zero-order valence-electron chi connectivity index (χ0n) is 8.32. The summed E-state index contributed by atoms with van der Waals surface area (Å²) >= 11 is 3.06. The number of aliphatic hydroxyl groups is 4. The van der Waals surface area contributed by atoms with Crippen molar-refractivity contribution in [3.63, 3.8) is 0 Å². The summed E-state index contributed by atoms with van der Waals surface area (Å²) in [5, 5.41) is 38.9. The molecular weight excluding hydrogens is 286 g/mol. The molecule has 2 fully saturated rings. The lowest BCUT2D eigenvalue weighted by Crippen LogP contribution is -2.77. The van der Waals surface area contributed by atoms with Crippen molar-refractivity contribution >= 4 is 22.0 Å². The Bertz CT molecular complexity index is 328. The van der Waals surface area contributed by atoms with Crippen molar-refractivity contribution < 1.29 is 30.0 Å². The number of aliphatic hydroxyl groups excluding tert-OH is 3. The van der Waals surface area contributed by atoms with Gasteiger partial charge in [0.05, 0.1) is 6.04 Å². The van der Waals surface area contributed by atoms with E-state index < -0.39 is 41.1 Å². The van der Waals surface area contributed by atoms with Gasteiger partial charge in [-0.1, -0.05) is 15.9 Å². The summed E-state index contributed by atoms with van der Waals surface area (Å²) in [4.78, 5) is 11.5. The van der Waals surface area contributed by atoms with Crippen LogP contribution in [0.15, 0.2) is 0 Å². The smallest absolute Gasteiger partial charge is 0.412 e. The van der Waals surface area contributed by atoms with Crippen molar-refractivity contribution in [3.05, 3.63) is 0 Å². The molecule has 0 spiro atoms. The fraction of sp³-hybridized carbons (Fsp3) is 0.875. The van der Waals surface area contributed by atoms with E-state index in [0.717, 1.165) is 4.90 Å². The van der Waals surface area contributed by atoms with Crippen LogP contribution in [-0.2, 0) is 4.74 Å². The van der Waals surface area contributed by atoms with E-state index in [4.69, 9.17) is 0 Å². The number of halogens is 1. The minimum Gasteiger partial charge on any atom is -0.413 e. The number of amides is 1. The number of rotatable bonds is 0. The number of alkyl halides is 1. The minimum atomic E-state index is -2.23. The molecule has 0 aromatic carbocycles. The Balaban J connectivity index is 2.44. The molecule has 0 aromatic rings. The van der Waals surface area contributed by atoms with Gasteiger partial charge in [0.2, 0.25) is 0 Å². The summed E-state index contributed by atoms with van der Waals surface area (Å²) in [7, 11) is 1.37. The van der Waals surface area contributed by atoms with Crippen LogP contribution in [0.1, 0.15) is 0 Å². The maximum absolute atomic E-state index is 11.4. The largest absolute Gasteiger partial charge is 0.413 e. The minimum absolute atomic E-state index is 0.867. The monoisotopic (exact) mass is 297 g/mol. The van der Waals surface area contributed by atoms with Crippen molar-refractivity contribution in [2.45, 2.75) is 35.0 Å². The molecule has 6 unspecified atom stereocenters. The van der Waals surface area contributed by atoms with Crippen LogP contribution in [0.5, 0.6) is 0 Å². The van der Waals surface area contributed by atoms with Crippen LogP contribution in [0.25, 0.3) is 0 Å². The van der Waals surface area contributed by atoms with Gasteiger partial charge in [-0.3, -0.25) is 0 Å². The van der Waals surface area contributed by atoms with Gasteiger partial charge >= 0.3 is 6.09 Å². The highest BCUT2D eigenvalue weighted by molar-refractivity contribution is 9.09. The number of carbonyl (C=O) groups is 1. The predicted octanol–water partition coefficient (Wildman–Crippen LogP) is -2.01. The van der Waals surface area contributed by atoms with Crippen LogP contribution in [0, 0.1) is 0 Å². The first-order valence-electron chi connectivity index (χ1n) is 4.67. The average molecular weight is 298 g/mol. The summed E-state index contributed by atoms with van der Waals surface area (Å²) in [6.07, 6.45) is -5.58. The summed E-state index contributed by atoms with van der Waals surface area (Å²) in [6.45, 7) is 0. The quantitative estimate of drug-likeness (QED) is 0.385. The molecule has 4 N–H and O–H groups in total. The fourth-order valence-electron chi connectivity index (χ4n) is 2.09. The topological polar surface area (TPSA) is 110 Å². The van der Waals surface area contributed by atoms with Crippen molar-refractivity contribution in [2.75, 3.05) is 7.05 Å². The van der Waals surface area contributed by atoms with E-state index in [0.29, 0.717) is 0 Å². The van der Waals surface area contributed by atoms with Crippen LogP contribution in [0.4, 0.5) is 4.79 Å². The number of nitrogens with zero attached hydrogens (tertiary/aromatic N) is 1. The number of fused-ring (bicyclic) bond motifs is 2. The molecule has 16 heavy (non-hydrogen) atoms. The van der Waals surface area contributed by atoms with Gasteiger partial charge in [0.15, 0.2) is 0 Å². The third kappa shape index (κ3) is 1.31. The molecule has 1 saturated carbocycles. The Labute approximate surface area is 99.4 Å². The maximum atomic E-state index is 11.4. The molecule has 1 saturated heterocycles. The summed E-state index contributed by atoms with van der Waals surface area (Å²) < 4.78 is 4.67. The Kier molecular flexibility index (Phi) is 2.67. The Morgan fingerprint density at radius 2 is 1.94 bits per heavy atom. The molecule has 0 aromatic heterocycles. The van der Waals surface area contributed by atoms with E-state index >= 15 is 0 Å². The molecule has 1 aliphatic heterocycles. The molecule has 1 heterocycles.